The second-order valence-electron chi connectivity index (χ2n) is 20.2. The first-order chi connectivity index (χ1) is 37.2. The van der Waals surface area contributed by atoms with Crippen LogP contribution in [0.3, 0.4) is 0 Å². The molecule has 0 saturated carbocycles. The Morgan fingerprint density at radius 3 is 1.39 bits per heavy atom. The summed E-state index contributed by atoms with van der Waals surface area (Å²) in [5.41, 5.74) is 10.6. The number of anilines is 3. The molecule has 0 aromatic heterocycles. The van der Waals surface area contributed by atoms with Gasteiger partial charge < -0.3 is 4.90 Å². The fourth-order valence-corrected chi connectivity index (χ4v) is 28.2. The van der Waals surface area contributed by atoms with Crippen LogP contribution in [0.4, 0.5) is 17.1 Å². The van der Waals surface area contributed by atoms with Gasteiger partial charge in [-0.1, -0.05) is 267 Å². The minimum atomic E-state index is -3.09. The summed E-state index contributed by atoms with van der Waals surface area (Å²) in [7, 11) is -6.09. The molecule has 0 saturated heterocycles. The molecule has 2 heterocycles. The van der Waals surface area contributed by atoms with Crippen molar-refractivity contribution in [1.82, 2.24) is 0 Å². The van der Waals surface area contributed by atoms with E-state index in [1.165, 1.54) is 95.4 Å². The molecule has 15 rings (SSSR count). The summed E-state index contributed by atoms with van der Waals surface area (Å²) >= 11 is 1.93. The van der Waals surface area contributed by atoms with Crippen molar-refractivity contribution in [3.05, 3.63) is 320 Å². The number of rotatable bonds is 7. The second kappa shape index (κ2) is 17.3. The van der Waals surface area contributed by atoms with Crippen LogP contribution in [-0.2, 0) is 5.41 Å². The highest BCUT2D eigenvalue weighted by atomic mass is 32.2. The molecule has 2 aliphatic heterocycles. The normalized spacial score (nSPS) is 14.7. The van der Waals surface area contributed by atoms with E-state index in [0.717, 1.165) is 17.1 Å². The molecule has 0 N–H and O–H groups in total. The quantitative estimate of drug-likeness (QED) is 0.146. The van der Waals surface area contributed by atoms with E-state index in [4.69, 9.17) is 0 Å². The minimum absolute atomic E-state index is 0.503. The summed E-state index contributed by atoms with van der Waals surface area (Å²) in [5, 5.41) is 14.1. The first kappa shape index (κ1) is 44.0. The van der Waals surface area contributed by atoms with Gasteiger partial charge in [-0.05, 0) is 123 Å². The molecule has 0 bridgehead atoms. The summed E-state index contributed by atoms with van der Waals surface area (Å²) in [5.74, 6) is 0. The third-order valence-electron chi connectivity index (χ3n) is 16.7. The van der Waals surface area contributed by atoms with E-state index in [9.17, 15) is 0 Å². The van der Waals surface area contributed by atoms with E-state index in [0.29, 0.717) is 0 Å². The van der Waals surface area contributed by atoms with E-state index >= 15 is 0 Å². The second-order valence-corrected chi connectivity index (χ2v) is 28.7. The molecule has 75 heavy (non-hydrogen) atoms. The molecule has 0 amide bonds. The summed E-state index contributed by atoms with van der Waals surface area (Å²) in [6.45, 7) is 0. The Bertz CT molecular complexity index is 4040. The van der Waals surface area contributed by atoms with Gasteiger partial charge in [0.2, 0.25) is 0 Å². The number of nitrogens with zero attached hydrogens (tertiary/aromatic N) is 1. The van der Waals surface area contributed by atoms with Gasteiger partial charge in [0.25, 0.3) is 0 Å². The van der Waals surface area contributed by atoms with Gasteiger partial charge in [-0.15, -0.1) is 0 Å². The first-order valence-electron chi connectivity index (χ1n) is 26.1. The Balaban J connectivity index is 1.04. The van der Waals surface area contributed by atoms with Crippen molar-refractivity contribution in [3.63, 3.8) is 0 Å². The topological polar surface area (TPSA) is 3.24 Å². The smallest absolute Gasteiger partial charge is 0.181 e. The highest BCUT2D eigenvalue weighted by molar-refractivity contribution is 8.00. The van der Waals surface area contributed by atoms with Crippen molar-refractivity contribution in [2.45, 2.75) is 15.2 Å². The summed E-state index contributed by atoms with van der Waals surface area (Å²) in [4.78, 5) is 5.27. The van der Waals surface area contributed by atoms with Crippen molar-refractivity contribution in [3.8, 4) is 11.1 Å². The number of hydrogen-bond acceptors (Lipinski definition) is 2. The molecular weight excluding hydrogens is 955 g/mol. The van der Waals surface area contributed by atoms with E-state index in [-0.39, 0.29) is 0 Å². The van der Waals surface area contributed by atoms with Crippen LogP contribution >= 0.6 is 11.8 Å². The third kappa shape index (κ3) is 6.19. The predicted molar refractivity (Wildman–Crippen MR) is 321 cm³/mol. The molecule has 0 unspecified atom stereocenters. The maximum absolute atomic E-state index is 3.09. The molecule has 4 heteroatoms. The zero-order valence-electron chi connectivity index (χ0n) is 41.1. The molecule has 1 nitrogen and oxygen atoms in total. The van der Waals surface area contributed by atoms with Crippen LogP contribution in [0.5, 0.6) is 0 Å². The third-order valence-corrected chi connectivity index (χ3v) is 28.6. The van der Waals surface area contributed by atoms with Crippen LogP contribution in [0, 0.1) is 0 Å². The largest absolute Gasteiger partial charge is 0.310 e. The molecule has 12 aromatic rings. The lowest BCUT2D eigenvalue weighted by atomic mass is 9.68. The Morgan fingerprint density at radius 2 is 0.760 bits per heavy atom. The fraction of sp³-hybridized carbons (Fsp3) is 0.0141. The molecule has 12 aromatic carbocycles. The lowest BCUT2D eigenvalue weighted by Gasteiger charge is -2.50. The van der Waals surface area contributed by atoms with Gasteiger partial charge >= 0.3 is 0 Å². The average Bonchev–Trinajstić information content (AvgIpc) is 3.80. The maximum Gasteiger partial charge on any atom is 0.181 e. The van der Waals surface area contributed by atoms with Crippen LogP contribution in [0.2, 0.25) is 0 Å². The fourth-order valence-electron chi connectivity index (χ4n) is 13.9. The summed E-state index contributed by atoms with van der Waals surface area (Å²) in [6, 6.07) is 114. The van der Waals surface area contributed by atoms with Gasteiger partial charge in [-0.2, -0.15) is 0 Å². The van der Waals surface area contributed by atoms with Gasteiger partial charge in [0.05, 0.1) is 11.1 Å². The van der Waals surface area contributed by atoms with Crippen molar-refractivity contribution in [1.29, 1.82) is 0 Å². The summed E-state index contributed by atoms with van der Waals surface area (Å²) < 4.78 is 0. The zero-order valence-corrected chi connectivity index (χ0v) is 44.0. The molecule has 0 fully saturated rings. The average molecular weight is 1000 g/mol. The predicted octanol–water partition coefficient (Wildman–Crippen LogP) is 12.2. The molecule has 1 aliphatic carbocycles. The van der Waals surface area contributed by atoms with Gasteiger partial charge in [-0.25, -0.2) is 0 Å². The highest BCUT2D eigenvalue weighted by Crippen LogP contribution is 2.56. The number of hydrogen-bond donors (Lipinski definition) is 0. The van der Waals surface area contributed by atoms with Crippen molar-refractivity contribution in [2.75, 3.05) is 4.90 Å². The number of benzene rings is 12. The van der Waals surface area contributed by atoms with E-state index in [1.54, 1.807) is 0 Å². The van der Waals surface area contributed by atoms with Crippen molar-refractivity contribution < 1.29 is 0 Å². The van der Waals surface area contributed by atoms with E-state index in [2.05, 4.69) is 302 Å². The Hall–Kier alpha value is -8.52. The monoisotopic (exact) mass is 1000 g/mol. The van der Waals surface area contributed by atoms with Gasteiger partial charge in [-0.3, -0.25) is 0 Å². The first-order valence-corrected chi connectivity index (χ1v) is 30.9. The van der Waals surface area contributed by atoms with E-state index in [1.807, 2.05) is 11.8 Å². The Labute approximate surface area is 445 Å². The maximum atomic E-state index is 2.67. The Morgan fingerprint density at radius 1 is 0.307 bits per heavy atom. The minimum Gasteiger partial charge on any atom is -0.310 e. The van der Waals surface area contributed by atoms with E-state index < -0.39 is 21.6 Å². The van der Waals surface area contributed by atoms with Crippen LogP contribution in [0.1, 0.15) is 22.3 Å². The van der Waals surface area contributed by atoms with Crippen LogP contribution in [0.25, 0.3) is 21.9 Å². The van der Waals surface area contributed by atoms with Gasteiger partial charge in [0.1, 0.15) is 0 Å². The lowest BCUT2D eigenvalue weighted by Crippen LogP contribution is -2.93. The van der Waals surface area contributed by atoms with Crippen LogP contribution in [-0.4, -0.2) is 16.1 Å². The molecule has 0 atom stereocenters. The summed E-state index contributed by atoms with van der Waals surface area (Å²) in [6.07, 6.45) is 0. The Kier molecular flexibility index (Phi) is 10.1. The van der Waals surface area contributed by atoms with Crippen molar-refractivity contribution in [2.24, 2.45) is 0 Å². The highest BCUT2D eigenvalue weighted by Gasteiger charge is 2.58. The van der Waals surface area contributed by atoms with Gasteiger partial charge in [0.15, 0.2) is 16.1 Å². The van der Waals surface area contributed by atoms with Crippen LogP contribution in [0.15, 0.2) is 307 Å². The molecular formula is C71H49NSSi2. The zero-order chi connectivity index (χ0) is 49.6. The molecule has 1 spiro atoms. The van der Waals surface area contributed by atoms with Crippen molar-refractivity contribution >= 4 is 97.2 Å². The van der Waals surface area contributed by atoms with Gasteiger partial charge in [0, 0.05) is 26.6 Å². The molecule has 3 aliphatic rings. The van der Waals surface area contributed by atoms with Crippen LogP contribution < -0.4 is 46.4 Å². The lowest BCUT2D eigenvalue weighted by molar-refractivity contribution is 0.768. The standard InChI is InChI=1S/C71H49NSSi2/c1-4-25-51(26-5-1)71(60-34-14-12-32-58(60)59-33-13-15-35-61(59)71)52-43-45-53(46-44-52)72(62-36-22-24-50-23-10-11-31-57(50)62)54-47-48-69-70(49-54)75(65-39-18-16-37-63(65)73-64-38-17-19-40-66(64)75)68-42-21-20-41-67(68)74(69,55-27-6-2-7-28-55)56-29-8-3-9-30-56/h1-49H. The number of fused-ring (bicyclic) bond motifs is 12. The SMILES string of the molecule is c1ccc(C2(c3ccc(N(c4ccc5c(c4)[Si]4(c6ccccc6Sc6ccccc64)c4ccccc4[Si]5(c4ccccc4)c4ccccc4)c4cccc5ccccc45)cc3)c3ccccc3-c3ccccc32)cc1. The molecule has 352 valence electrons. The molecule has 0 radical (unpaired) electrons.